The van der Waals surface area contributed by atoms with Crippen molar-refractivity contribution in [2.45, 2.75) is 68.5 Å². The van der Waals surface area contributed by atoms with Gasteiger partial charge in [0.05, 0.1) is 0 Å². The van der Waals surface area contributed by atoms with Gasteiger partial charge in [0.2, 0.25) is 0 Å². The summed E-state index contributed by atoms with van der Waals surface area (Å²) >= 11 is 0. The summed E-state index contributed by atoms with van der Waals surface area (Å²) in [6.45, 7) is 23.5. The molecule has 0 amide bonds. The van der Waals surface area contributed by atoms with Gasteiger partial charge in [-0.15, -0.1) is 0 Å². The van der Waals surface area contributed by atoms with Gasteiger partial charge in [0.25, 0.3) is 0 Å². The number of hydrogen-bond acceptors (Lipinski definition) is 0. The molecule has 0 saturated heterocycles. The number of allylic oxidation sites excluding steroid dienone is 8. The Morgan fingerprint density at radius 3 is 1.23 bits per heavy atom. The summed E-state index contributed by atoms with van der Waals surface area (Å²) in [4.78, 5) is 0. The maximum absolute atomic E-state index is 3.81. The second kappa shape index (κ2) is 9.43. The molecule has 0 spiro atoms. The average Bonchev–Trinajstić information content (AvgIpc) is 2.91. The first kappa shape index (κ1) is 28.8. The molecule has 0 N–H and O–H groups in total. The number of hydrogen-bond donors (Lipinski definition) is 0. The van der Waals surface area contributed by atoms with Gasteiger partial charge in [-0.2, -0.15) is 23.3 Å². The summed E-state index contributed by atoms with van der Waals surface area (Å²) < 4.78 is 0. The maximum atomic E-state index is 3.81. The molecule has 0 bridgehead atoms. The summed E-state index contributed by atoms with van der Waals surface area (Å²) in [6.07, 6.45) is 12.5. The first-order chi connectivity index (χ1) is 10.2. The Balaban J connectivity index is 0. The van der Waals surface area contributed by atoms with Crippen LogP contribution in [0.25, 0.3) is 0 Å². The largest absolute Gasteiger partial charge is 4.00 e. The van der Waals surface area contributed by atoms with Crippen LogP contribution >= 0.6 is 0 Å². The minimum absolute atomic E-state index is 0. The minimum Gasteiger partial charge on any atom is -1.00 e. The van der Waals surface area contributed by atoms with E-state index in [2.05, 4.69) is 92.8 Å². The van der Waals surface area contributed by atoms with Gasteiger partial charge in [-0.25, -0.2) is 10.4 Å². The normalized spacial score (nSPS) is 23.0. The molecule has 0 aliphatic heterocycles. The van der Waals surface area contributed by atoms with E-state index in [1.807, 2.05) is 0 Å². The van der Waals surface area contributed by atoms with Crippen molar-refractivity contribution in [3.8, 4) is 0 Å². The Hall–Kier alpha value is 0.640. The van der Waals surface area contributed by atoms with Crippen LogP contribution in [-0.4, -0.2) is 8.07 Å². The summed E-state index contributed by atoms with van der Waals surface area (Å²) in [5.74, 6) is 0.875. The van der Waals surface area contributed by atoms with Gasteiger partial charge in [-0.3, -0.25) is 12.2 Å². The molecular weight excluding hydrogens is 454 g/mol. The summed E-state index contributed by atoms with van der Waals surface area (Å²) in [5, 5.41) is 3.04. The molecule has 0 saturated carbocycles. The van der Waals surface area contributed by atoms with E-state index in [0.29, 0.717) is 11.8 Å². The molecule has 0 aromatic heterocycles. The smallest absolute Gasteiger partial charge is 1.00 e. The Morgan fingerprint density at radius 1 is 0.731 bits per heavy atom. The zero-order valence-corrected chi connectivity index (χ0v) is 23.0. The molecule has 2 aliphatic rings. The molecule has 2 rings (SSSR count). The Kier molecular flexibility index (Phi) is 10.5. The van der Waals surface area contributed by atoms with Crippen molar-refractivity contribution in [3.05, 3.63) is 45.8 Å². The molecule has 26 heavy (non-hydrogen) atoms. The van der Waals surface area contributed by atoms with E-state index in [-0.39, 0.29) is 61.8 Å². The van der Waals surface area contributed by atoms with Gasteiger partial charge in [-0.05, 0) is 0 Å². The molecule has 0 heterocycles. The topological polar surface area (TPSA) is 0 Å². The van der Waals surface area contributed by atoms with Crippen molar-refractivity contribution in [3.63, 3.8) is 0 Å². The zero-order chi connectivity index (χ0) is 17.8. The van der Waals surface area contributed by atoms with E-state index in [0.717, 1.165) is 0 Å². The third kappa shape index (κ3) is 5.82. The molecule has 0 nitrogen and oxygen atoms in total. The number of halogens is 2. The molecule has 0 aromatic rings. The fraction of sp³-hybridized carbons (Fsp3) is 0.636. The SMILES string of the molecule is CC1[C-]=C([Si](C)(C)C2=[C-]C(C)C=C2C(C)(C)C)C(C(C)(C)C)=C1.[Cl-].[Cl-].[Zr+4]. The molecule has 2 aliphatic carbocycles. The van der Waals surface area contributed by atoms with E-state index in [1.165, 1.54) is 21.5 Å². The van der Waals surface area contributed by atoms with Gasteiger partial charge >= 0.3 is 26.2 Å². The summed E-state index contributed by atoms with van der Waals surface area (Å²) in [5.41, 5.74) is 3.41. The van der Waals surface area contributed by atoms with Crippen LogP contribution < -0.4 is 24.8 Å². The summed E-state index contributed by atoms with van der Waals surface area (Å²) in [6, 6.07) is 0. The van der Waals surface area contributed by atoms with Gasteiger partial charge in [0, 0.05) is 8.07 Å². The van der Waals surface area contributed by atoms with Crippen LogP contribution in [0.15, 0.2) is 33.7 Å². The standard InChI is InChI=1S/C22H34Si.2ClH.Zr/c1-15-11-17(21(3,4)5)19(13-15)23(9,10)20-14-16(2)12-18(20)22(6,7)8;;;/h11-12,15-16H,1-10H3;2*1H;/q-2;;;+4/p-2. The predicted octanol–water partition coefficient (Wildman–Crippen LogP) is 0.482. The molecule has 0 aromatic carbocycles. The van der Waals surface area contributed by atoms with E-state index < -0.39 is 8.07 Å². The fourth-order valence-electron chi connectivity index (χ4n) is 3.77. The fourth-order valence-corrected chi connectivity index (χ4v) is 7.46. The van der Waals surface area contributed by atoms with Gasteiger partial charge < -0.3 is 24.8 Å². The molecule has 0 fully saturated rings. The Labute approximate surface area is 195 Å². The first-order valence-corrected chi connectivity index (χ1v) is 12.0. The molecule has 144 valence electrons. The van der Waals surface area contributed by atoms with Crippen LogP contribution in [0.4, 0.5) is 0 Å². The van der Waals surface area contributed by atoms with Crippen molar-refractivity contribution >= 4 is 8.07 Å². The van der Waals surface area contributed by atoms with Crippen molar-refractivity contribution < 1.29 is 51.0 Å². The van der Waals surface area contributed by atoms with Crippen LogP contribution in [0.1, 0.15) is 55.4 Å². The molecular formula is C22H34Cl2SiZr. The average molecular weight is 489 g/mol. The van der Waals surface area contributed by atoms with Crippen LogP contribution in [0.5, 0.6) is 0 Å². The maximum Gasteiger partial charge on any atom is 4.00 e. The second-order valence-electron chi connectivity index (χ2n) is 9.90. The van der Waals surface area contributed by atoms with E-state index in [9.17, 15) is 0 Å². The summed E-state index contributed by atoms with van der Waals surface area (Å²) in [7, 11) is -1.79. The first-order valence-electron chi connectivity index (χ1n) is 8.98. The third-order valence-corrected chi connectivity index (χ3v) is 8.31. The van der Waals surface area contributed by atoms with Crippen molar-refractivity contribution in [2.75, 3.05) is 0 Å². The van der Waals surface area contributed by atoms with Gasteiger partial charge in [0.15, 0.2) is 0 Å². The van der Waals surface area contributed by atoms with E-state index >= 15 is 0 Å². The molecule has 4 heteroatoms. The van der Waals surface area contributed by atoms with Gasteiger partial charge in [-0.1, -0.05) is 91.1 Å². The molecule has 0 radical (unpaired) electrons. The Morgan fingerprint density at radius 2 is 1.00 bits per heavy atom. The van der Waals surface area contributed by atoms with E-state index in [4.69, 9.17) is 0 Å². The number of rotatable bonds is 2. The third-order valence-electron chi connectivity index (χ3n) is 4.98. The molecule has 2 atom stereocenters. The van der Waals surface area contributed by atoms with Crippen LogP contribution in [-0.2, 0) is 26.2 Å². The van der Waals surface area contributed by atoms with Crippen LogP contribution in [0.3, 0.4) is 0 Å². The second-order valence-corrected chi connectivity index (χ2v) is 14.2. The van der Waals surface area contributed by atoms with Crippen molar-refractivity contribution in [2.24, 2.45) is 22.7 Å². The zero-order valence-electron chi connectivity index (χ0n) is 18.1. The van der Waals surface area contributed by atoms with Crippen LogP contribution in [0, 0.1) is 34.8 Å². The van der Waals surface area contributed by atoms with Crippen LogP contribution in [0.2, 0.25) is 13.1 Å². The van der Waals surface area contributed by atoms with E-state index in [1.54, 1.807) is 0 Å². The predicted molar refractivity (Wildman–Crippen MR) is 104 cm³/mol. The van der Waals surface area contributed by atoms with Crippen molar-refractivity contribution in [1.82, 2.24) is 0 Å². The van der Waals surface area contributed by atoms with Gasteiger partial charge in [0.1, 0.15) is 0 Å². The monoisotopic (exact) mass is 486 g/mol. The quantitative estimate of drug-likeness (QED) is 0.392. The minimum atomic E-state index is -1.79. The molecule has 2 unspecified atom stereocenters. The van der Waals surface area contributed by atoms with Crippen molar-refractivity contribution in [1.29, 1.82) is 0 Å². The Bertz CT molecular complexity index is 572.